The van der Waals surface area contributed by atoms with Gasteiger partial charge < -0.3 is 14.2 Å². The third kappa shape index (κ3) is 7.73. The largest absolute Gasteiger partial charge is 0.463 e. The van der Waals surface area contributed by atoms with E-state index in [1.807, 2.05) is 0 Å². The number of rotatable bonds is 11. The van der Waals surface area contributed by atoms with Crippen molar-refractivity contribution in [1.29, 1.82) is 0 Å². The van der Waals surface area contributed by atoms with Crippen LogP contribution in [0, 0.1) is 5.92 Å². The molecule has 6 nitrogen and oxygen atoms in total. The lowest BCUT2D eigenvalue weighted by Gasteiger charge is -2.37. The molecule has 1 rings (SSSR count). The van der Waals surface area contributed by atoms with Gasteiger partial charge in [-0.25, -0.2) is 9.59 Å². The van der Waals surface area contributed by atoms with Crippen LogP contribution in [0.4, 0.5) is 0 Å². The molecule has 0 amide bonds. The number of ether oxygens (including phenoxy) is 3. The Morgan fingerprint density at radius 1 is 1.19 bits per heavy atom. The van der Waals surface area contributed by atoms with E-state index in [9.17, 15) is 14.4 Å². The smallest absolute Gasteiger partial charge is 0.350 e. The predicted molar refractivity (Wildman–Crippen MR) is 102 cm³/mol. The molecule has 0 aromatic rings. The molecule has 0 bridgehead atoms. The third-order valence-corrected chi connectivity index (χ3v) is 4.71. The van der Waals surface area contributed by atoms with Crippen molar-refractivity contribution in [3.8, 4) is 0 Å². The van der Waals surface area contributed by atoms with Crippen LogP contribution in [0.5, 0.6) is 0 Å². The summed E-state index contributed by atoms with van der Waals surface area (Å²) in [5.41, 5.74) is -1.44. The van der Waals surface area contributed by atoms with E-state index in [4.69, 9.17) is 14.2 Å². The van der Waals surface area contributed by atoms with Crippen molar-refractivity contribution in [2.24, 2.45) is 5.92 Å². The Morgan fingerprint density at radius 3 is 2.52 bits per heavy atom. The Labute approximate surface area is 162 Å². The highest BCUT2D eigenvalue weighted by molar-refractivity contribution is 5.88. The Hall–Kier alpha value is -1.85. The number of hydrogen-bond donors (Lipinski definition) is 0. The molecule has 1 saturated carbocycles. The second kappa shape index (κ2) is 11.8. The van der Waals surface area contributed by atoms with Crippen molar-refractivity contribution in [1.82, 2.24) is 0 Å². The minimum atomic E-state index is -1.44. The molecule has 2 unspecified atom stereocenters. The average molecular weight is 382 g/mol. The van der Waals surface area contributed by atoms with Gasteiger partial charge in [0.2, 0.25) is 5.60 Å². The van der Waals surface area contributed by atoms with Crippen molar-refractivity contribution < 1.29 is 28.6 Å². The summed E-state index contributed by atoms with van der Waals surface area (Å²) in [6.07, 6.45) is 7.57. The van der Waals surface area contributed by atoms with E-state index in [0.29, 0.717) is 19.3 Å². The summed E-state index contributed by atoms with van der Waals surface area (Å²) in [5.74, 6) is -2.12. The van der Waals surface area contributed by atoms with Gasteiger partial charge in [-0.3, -0.25) is 4.79 Å². The summed E-state index contributed by atoms with van der Waals surface area (Å²) >= 11 is 0. The van der Waals surface area contributed by atoms with Crippen molar-refractivity contribution in [3.63, 3.8) is 0 Å². The Balaban J connectivity index is 2.75. The highest BCUT2D eigenvalue weighted by Crippen LogP contribution is 2.37. The van der Waals surface area contributed by atoms with Gasteiger partial charge >= 0.3 is 17.9 Å². The van der Waals surface area contributed by atoms with Crippen LogP contribution in [-0.4, -0.2) is 36.2 Å². The second-order valence-electron chi connectivity index (χ2n) is 7.45. The molecular formula is C21H34O6. The van der Waals surface area contributed by atoms with Crippen LogP contribution in [0.1, 0.15) is 78.6 Å². The zero-order valence-electron chi connectivity index (χ0n) is 17.0. The van der Waals surface area contributed by atoms with Crippen molar-refractivity contribution in [2.75, 3.05) is 6.61 Å². The maximum atomic E-state index is 12.8. The Morgan fingerprint density at radius 2 is 1.89 bits per heavy atom. The molecule has 1 aliphatic carbocycles. The highest BCUT2D eigenvalue weighted by atomic mass is 16.6. The first-order valence-electron chi connectivity index (χ1n) is 10.1. The number of esters is 3. The van der Waals surface area contributed by atoms with Crippen LogP contribution in [0.3, 0.4) is 0 Å². The second-order valence-corrected chi connectivity index (χ2v) is 7.45. The molecule has 6 heteroatoms. The maximum Gasteiger partial charge on any atom is 0.350 e. The molecule has 154 valence electrons. The number of unbranched alkanes of at least 4 members (excludes halogenated alkanes) is 4. The SMILES string of the molecule is C=CC(=O)OC1(C(=O)OCCCCCCC)CCCC(C(=O)OC(C)C)C1. The minimum absolute atomic E-state index is 0.0901. The fourth-order valence-corrected chi connectivity index (χ4v) is 3.32. The summed E-state index contributed by atoms with van der Waals surface area (Å²) in [6.45, 7) is 9.38. The third-order valence-electron chi connectivity index (χ3n) is 4.71. The first-order valence-corrected chi connectivity index (χ1v) is 10.1. The summed E-state index contributed by atoms with van der Waals surface area (Å²) < 4.78 is 16.1. The highest BCUT2D eigenvalue weighted by Gasteiger charge is 2.49. The fourth-order valence-electron chi connectivity index (χ4n) is 3.32. The van der Waals surface area contributed by atoms with Gasteiger partial charge in [-0.05, 0) is 39.5 Å². The minimum Gasteiger partial charge on any atom is -0.463 e. The van der Waals surface area contributed by atoms with Gasteiger partial charge in [0.15, 0.2) is 0 Å². The van der Waals surface area contributed by atoms with Crippen molar-refractivity contribution in [3.05, 3.63) is 12.7 Å². The normalized spacial score (nSPS) is 22.1. The zero-order chi connectivity index (χ0) is 20.3. The molecule has 1 aliphatic rings. The van der Waals surface area contributed by atoms with E-state index in [1.54, 1.807) is 13.8 Å². The lowest BCUT2D eigenvalue weighted by Crippen LogP contribution is -2.49. The number of carbonyl (C=O) groups excluding carboxylic acids is 3. The van der Waals surface area contributed by atoms with Crippen molar-refractivity contribution >= 4 is 17.9 Å². The Bertz CT molecular complexity index is 513. The molecule has 0 aliphatic heterocycles. The summed E-state index contributed by atoms with van der Waals surface area (Å²) in [7, 11) is 0. The molecular weight excluding hydrogens is 348 g/mol. The zero-order valence-corrected chi connectivity index (χ0v) is 17.0. The molecule has 0 aromatic heterocycles. The van der Waals surface area contributed by atoms with Crippen LogP contribution in [-0.2, 0) is 28.6 Å². The lowest BCUT2D eigenvalue weighted by molar-refractivity contribution is -0.188. The molecule has 2 atom stereocenters. The fraction of sp³-hybridized carbons (Fsp3) is 0.762. The number of hydrogen-bond acceptors (Lipinski definition) is 6. The van der Waals surface area contributed by atoms with E-state index >= 15 is 0 Å². The van der Waals surface area contributed by atoms with Gasteiger partial charge in [-0.2, -0.15) is 0 Å². The molecule has 0 spiro atoms. The van der Waals surface area contributed by atoms with Crippen LogP contribution < -0.4 is 0 Å². The molecule has 27 heavy (non-hydrogen) atoms. The van der Waals surface area contributed by atoms with Crippen LogP contribution in [0.15, 0.2) is 12.7 Å². The van der Waals surface area contributed by atoms with E-state index in [-0.39, 0.29) is 25.1 Å². The topological polar surface area (TPSA) is 78.9 Å². The Kier molecular flexibility index (Phi) is 10.1. The lowest BCUT2D eigenvalue weighted by atomic mass is 9.77. The summed E-state index contributed by atoms with van der Waals surface area (Å²) in [4.78, 5) is 36.9. The van der Waals surface area contributed by atoms with Crippen LogP contribution in [0.2, 0.25) is 0 Å². The number of carbonyl (C=O) groups is 3. The summed E-state index contributed by atoms with van der Waals surface area (Å²) in [6, 6.07) is 0. The molecule has 1 fully saturated rings. The standard InChI is InChI=1S/C21H34O6/c1-5-7-8-9-10-14-25-20(24)21(27-18(22)6-2)13-11-12-17(15-21)19(23)26-16(3)4/h6,16-17H,2,5,7-15H2,1,3-4H3. The quantitative estimate of drug-likeness (QED) is 0.232. The van der Waals surface area contributed by atoms with Gasteiger partial charge in [0.25, 0.3) is 0 Å². The molecule has 0 aromatic carbocycles. The maximum absolute atomic E-state index is 12.8. The summed E-state index contributed by atoms with van der Waals surface area (Å²) in [5, 5.41) is 0. The van der Waals surface area contributed by atoms with Crippen LogP contribution >= 0.6 is 0 Å². The van der Waals surface area contributed by atoms with E-state index in [0.717, 1.165) is 38.2 Å². The van der Waals surface area contributed by atoms with Gasteiger partial charge in [0.1, 0.15) is 0 Å². The van der Waals surface area contributed by atoms with Gasteiger partial charge in [-0.15, -0.1) is 0 Å². The molecule has 0 saturated heterocycles. The molecule has 0 heterocycles. The van der Waals surface area contributed by atoms with Gasteiger partial charge in [-0.1, -0.05) is 39.2 Å². The van der Waals surface area contributed by atoms with Crippen LogP contribution in [0.25, 0.3) is 0 Å². The van der Waals surface area contributed by atoms with Crippen molar-refractivity contribution in [2.45, 2.75) is 90.3 Å². The molecule has 0 radical (unpaired) electrons. The first kappa shape index (κ1) is 23.2. The van der Waals surface area contributed by atoms with Gasteiger partial charge in [0, 0.05) is 12.5 Å². The average Bonchev–Trinajstić information content (AvgIpc) is 2.63. The van der Waals surface area contributed by atoms with E-state index < -0.39 is 23.5 Å². The predicted octanol–water partition coefficient (Wildman–Crippen LogP) is 4.11. The molecule has 0 N–H and O–H groups in total. The van der Waals surface area contributed by atoms with E-state index in [2.05, 4.69) is 13.5 Å². The van der Waals surface area contributed by atoms with Gasteiger partial charge in [0.05, 0.1) is 18.6 Å². The first-order chi connectivity index (χ1) is 12.8. The monoisotopic (exact) mass is 382 g/mol. The van der Waals surface area contributed by atoms with E-state index in [1.165, 1.54) is 0 Å².